The molecule has 0 amide bonds. The maximum Gasteiger partial charge on any atom is 0.0929 e. The van der Waals surface area contributed by atoms with E-state index in [1.807, 2.05) is 6.07 Å². The molecule has 0 spiro atoms. The minimum Gasteiger partial charge on any atom is -0.348 e. The lowest BCUT2D eigenvalue weighted by atomic mass is 10.0. The second-order valence-electron chi connectivity index (χ2n) is 4.71. The Balaban J connectivity index is 1.91. The molecule has 3 rings (SSSR count). The van der Waals surface area contributed by atoms with Gasteiger partial charge in [-0.05, 0) is 17.7 Å². The summed E-state index contributed by atoms with van der Waals surface area (Å²) in [6, 6.07) is 18.8. The molecule has 1 heterocycles. The predicted octanol–water partition coefficient (Wildman–Crippen LogP) is 3.24. The molecule has 0 atom stereocenters. The van der Waals surface area contributed by atoms with E-state index >= 15 is 0 Å². The first-order valence-corrected chi connectivity index (χ1v) is 6.76. The molecular formula is C17H17N3. The van der Waals surface area contributed by atoms with Crippen LogP contribution in [0.3, 0.4) is 0 Å². The third-order valence-corrected chi connectivity index (χ3v) is 3.38. The summed E-state index contributed by atoms with van der Waals surface area (Å²) in [4.78, 5) is 7.56. The maximum atomic E-state index is 5.62. The van der Waals surface area contributed by atoms with Gasteiger partial charge in [0.2, 0.25) is 0 Å². The lowest BCUT2D eigenvalue weighted by molar-refractivity contribution is 0.937. The van der Waals surface area contributed by atoms with Crippen LogP contribution in [0.4, 0.5) is 0 Å². The lowest BCUT2D eigenvalue weighted by Gasteiger charge is -2.05. The molecule has 3 nitrogen and oxygen atoms in total. The van der Waals surface area contributed by atoms with Gasteiger partial charge in [-0.25, -0.2) is 4.98 Å². The fourth-order valence-corrected chi connectivity index (χ4v) is 2.36. The fourth-order valence-electron chi connectivity index (χ4n) is 2.36. The van der Waals surface area contributed by atoms with Crippen molar-refractivity contribution < 1.29 is 0 Å². The Morgan fingerprint density at radius 1 is 0.850 bits per heavy atom. The van der Waals surface area contributed by atoms with Crippen LogP contribution in [-0.4, -0.2) is 16.5 Å². The third-order valence-electron chi connectivity index (χ3n) is 3.38. The van der Waals surface area contributed by atoms with Crippen molar-refractivity contribution in [3.8, 4) is 22.4 Å². The van der Waals surface area contributed by atoms with Crippen LogP contribution < -0.4 is 5.73 Å². The van der Waals surface area contributed by atoms with Gasteiger partial charge >= 0.3 is 0 Å². The molecule has 3 N–H and O–H groups in total. The van der Waals surface area contributed by atoms with E-state index in [1.165, 1.54) is 11.1 Å². The van der Waals surface area contributed by atoms with Crippen LogP contribution in [0.2, 0.25) is 0 Å². The van der Waals surface area contributed by atoms with E-state index in [0.717, 1.165) is 23.4 Å². The summed E-state index contributed by atoms with van der Waals surface area (Å²) in [5.74, 6) is 0. The summed E-state index contributed by atoms with van der Waals surface area (Å²) < 4.78 is 0. The van der Waals surface area contributed by atoms with E-state index < -0.39 is 0 Å². The molecule has 0 bridgehead atoms. The van der Waals surface area contributed by atoms with Crippen LogP contribution in [-0.2, 0) is 6.42 Å². The van der Waals surface area contributed by atoms with E-state index in [2.05, 4.69) is 58.5 Å². The average molecular weight is 263 g/mol. The van der Waals surface area contributed by atoms with Gasteiger partial charge in [0.25, 0.3) is 0 Å². The zero-order valence-electron chi connectivity index (χ0n) is 11.2. The van der Waals surface area contributed by atoms with Crippen molar-refractivity contribution >= 4 is 0 Å². The van der Waals surface area contributed by atoms with Gasteiger partial charge in [-0.15, -0.1) is 0 Å². The number of hydrogen-bond donors (Lipinski definition) is 2. The number of benzene rings is 2. The topological polar surface area (TPSA) is 54.7 Å². The van der Waals surface area contributed by atoms with Gasteiger partial charge in [-0.2, -0.15) is 0 Å². The maximum absolute atomic E-state index is 5.62. The van der Waals surface area contributed by atoms with E-state index in [-0.39, 0.29) is 0 Å². The molecular weight excluding hydrogens is 246 g/mol. The van der Waals surface area contributed by atoms with Crippen LogP contribution in [0.5, 0.6) is 0 Å². The number of nitrogens with two attached hydrogens (primary N) is 1. The third kappa shape index (κ3) is 2.49. The number of aromatic nitrogens is 2. The summed E-state index contributed by atoms with van der Waals surface area (Å²) in [6.07, 6.45) is 2.54. The number of rotatable bonds is 4. The summed E-state index contributed by atoms with van der Waals surface area (Å²) in [6.45, 7) is 0.622. The minimum atomic E-state index is 0.622. The first-order valence-electron chi connectivity index (χ1n) is 6.76. The van der Waals surface area contributed by atoms with Crippen LogP contribution in [0.1, 0.15) is 5.69 Å². The van der Waals surface area contributed by atoms with Crippen molar-refractivity contribution in [3.63, 3.8) is 0 Å². The first-order chi connectivity index (χ1) is 9.88. The quantitative estimate of drug-likeness (QED) is 0.759. The predicted molar refractivity (Wildman–Crippen MR) is 82.2 cm³/mol. The molecule has 3 heteroatoms. The molecule has 0 aliphatic carbocycles. The van der Waals surface area contributed by atoms with Gasteiger partial charge < -0.3 is 10.7 Å². The largest absolute Gasteiger partial charge is 0.348 e. The summed E-state index contributed by atoms with van der Waals surface area (Å²) >= 11 is 0. The van der Waals surface area contributed by atoms with Crippen LogP contribution >= 0.6 is 0 Å². The van der Waals surface area contributed by atoms with Crippen molar-refractivity contribution in [3.05, 3.63) is 66.6 Å². The zero-order valence-corrected chi connectivity index (χ0v) is 11.2. The number of imidazole rings is 1. The molecule has 0 aliphatic heterocycles. The summed E-state index contributed by atoms with van der Waals surface area (Å²) in [7, 11) is 0. The van der Waals surface area contributed by atoms with E-state index in [4.69, 9.17) is 5.73 Å². The van der Waals surface area contributed by atoms with Crippen molar-refractivity contribution in [2.24, 2.45) is 5.73 Å². The Morgan fingerprint density at radius 2 is 1.50 bits per heavy atom. The number of hydrogen-bond acceptors (Lipinski definition) is 2. The van der Waals surface area contributed by atoms with Gasteiger partial charge in [0.15, 0.2) is 0 Å². The molecule has 2 aromatic carbocycles. The Kier molecular flexibility index (Phi) is 3.61. The number of H-pyrrole nitrogens is 1. The molecule has 0 saturated heterocycles. The van der Waals surface area contributed by atoms with Crippen LogP contribution in [0.15, 0.2) is 60.9 Å². The van der Waals surface area contributed by atoms with Gasteiger partial charge in [0, 0.05) is 17.7 Å². The average Bonchev–Trinajstić information content (AvgIpc) is 2.97. The Morgan fingerprint density at radius 3 is 2.20 bits per heavy atom. The lowest BCUT2D eigenvalue weighted by Crippen LogP contribution is -2.03. The molecule has 1 aromatic heterocycles. The highest BCUT2D eigenvalue weighted by Gasteiger charge is 2.07. The second kappa shape index (κ2) is 5.72. The highest BCUT2D eigenvalue weighted by Crippen LogP contribution is 2.25. The second-order valence-corrected chi connectivity index (χ2v) is 4.71. The molecule has 0 unspecified atom stereocenters. The molecule has 100 valence electrons. The van der Waals surface area contributed by atoms with Crippen molar-refractivity contribution in [1.82, 2.24) is 9.97 Å². The van der Waals surface area contributed by atoms with Crippen LogP contribution in [0.25, 0.3) is 22.4 Å². The first kappa shape index (κ1) is 12.6. The number of nitrogens with one attached hydrogen (secondary N) is 1. The van der Waals surface area contributed by atoms with E-state index in [9.17, 15) is 0 Å². The summed E-state index contributed by atoms with van der Waals surface area (Å²) in [5.41, 5.74) is 11.3. The SMILES string of the molecule is NCCc1[nH]cnc1-c1ccc(-c2ccccc2)cc1. The molecule has 0 fully saturated rings. The Bertz CT molecular complexity index is 669. The smallest absolute Gasteiger partial charge is 0.0929 e. The standard InChI is InChI=1S/C17H17N3/c18-11-10-16-17(20-12-19-16)15-8-6-14(7-9-15)13-4-2-1-3-5-13/h1-9,12H,10-11,18H2,(H,19,20). The summed E-state index contributed by atoms with van der Waals surface area (Å²) in [5, 5.41) is 0. The van der Waals surface area contributed by atoms with Gasteiger partial charge in [0.05, 0.1) is 12.0 Å². The van der Waals surface area contributed by atoms with Gasteiger partial charge in [-0.3, -0.25) is 0 Å². The highest BCUT2D eigenvalue weighted by atomic mass is 14.9. The molecule has 0 saturated carbocycles. The van der Waals surface area contributed by atoms with Gasteiger partial charge in [-0.1, -0.05) is 54.6 Å². The van der Waals surface area contributed by atoms with Crippen molar-refractivity contribution in [1.29, 1.82) is 0 Å². The monoisotopic (exact) mass is 263 g/mol. The van der Waals surface area contributed by atoms with Gasteiger partial charge in [0.1, 0.15) is 0 Å². The van der Waals surface area contributed by atoms with E-state index in [0.29, 0.717) is 6.54 Å². The van der Waals surface area contributed by atoms with Crippen molar-refractivity contribution in [2.45, 2.75) is 6.42 Å². The number of nitrogens with zero attached hydrogens (tertiary/aromatic N) is 1. The molecule has 0 aliphatic rings. The molecule has 3 aromatic rings. The number of aromatic amines is 1. The fraction of sp³-hybridized carbons (Fsp3) is 0.118. The molecule has 0 radical (unpaired) electrons. The highest BCUT2D eigenvalue weighted by molar-refractivity contribution is 5.69. The van der Waals surface area contributed by atoms with Crippen molar-refractivity contribution in [2.75, 3.05) is 6.54 Å². The molecule has 20 heavy (non-hydrogen) atoms. The Hall–Kier alpha value is -2.39. The van der Waals surface area contributed by atoms with Crippen LogP contribution in [0, 0.1) is 0 Å². The Labute approximate surface area is 118 Å². The minimum absolute atomic E-state index is 0.622. The normalized spacial score (nSPS) is 10.7. The zero-order chi connectivity index (χ0) is 13.8. The van der Waals surface area contributed by atoms with E-state index in [1.54, 1.807) is 6.33 Å².